The molecule has 0 radical (unpaired) electrons. The predicted octanol–water partition coefficient (Wildman–Crippen LogP) is 3.08. The standard InChI is InChI=1S/C21H24N6OS/c1-13-11-14(2)23-18-17(13)20(27-7-9-29-10-8-27)26-19(25-18)21(28)24-15(3)16-5-4-6-22-12-16/h4-6,11-12,15H,7-10H2,1-3H3,(H,24,28). The van der Waals surface area contributed by atoms with Crippen molar-refractivity contribution in [3.8, 4) is 0 Å². The van der Waals surface area contributed by atoms with E-state index in [0.717, 1.165) is 52.6 Å². The van der Waals surface area contributed by atoms with Crippen LogP contribution in [0.3, 0.4) is 0 Å². The first kappa shape index (κ1) is 19.6. The van der Waals surface area contributed by atoms with Gasteiger partial charge in [-0.05, 0) is 44.0 Å². The number of nitrogens with one attached hydrogen (secondary N) is 1. The summed E-state index contributed by atoms with van der Waals surface area (Å²) < 4.78 is 0. The quantitative estimate of drug-likeness (QED) is 0.710. The Hall–Kier alpha value is -2.74. The van der Waals surface area contributed by atoms with E-state index in [1.54, 1.807) is 12.4 Å². The second kappa shape index (κ2) is 8.32. The van der Waals surface area contributed by atoms with Crippen molar-refractivity contribution in [3.63, 3.8) is 0 Å². The Morgan fingerprint density at radius 3 is 2.72 bits per heavy atom. The highest BCUT2D eigenvalue weighted by atomic mass is 32.2. The molecule has 1 N–H and O–H groups in total. The molecule has 1 unspecified atom stereocenters. The van der Waals surface area contributed by atoms with Crippen LogP contribution in [0.4, 0.5) is 5.82 Å². The molecule has 1 atom stereocenters. The Balaban J connectivity index is 1.73. The van der Waals surface area contributed by atoms with E-state index >= 15 is 0 Å². The molecule has 4 rings (SSSR count). The van der Waals surface area contributed by atoms with Crippen LogP contribution >= 0.6 is 11.8 Å². The van der Waals surface area contributed by atoms with Crippen LogP contribution in [-0.2, 0) is 0 Å². The fraction of sp³-hybridized carbons (Fsp3) is 0.381. The molecule has 3 aromatic heterocycles. The normalized spacial score (nSPS) is 15.3. The average molecular weight is 409 g/mol. The highest BCUT2D eigenvalue weighted by molar-refractivity contribution is 7.99. The minimum Gasteiger partial charge on any atom is -0.354 e. The van der Waals surface area contributed by atoms with E-state index in [4.69, 9.17) is 4.98 Å². The summed E-state index contributed by atoms with van der Waals surface area (Å²) in [6.45, 7) is 7.71. The van der Waals surface area contributed by atoms with Crippen LogP contribution in [0.2, 0.25) is 0 Å². The van der Waals surface area contributed by atoms with E-state index in [1.807, 2.05) is 50.7 Å². The summed E-state index contributed by atoms with van der Waals surface area (Å²) in [7, 11) is 0. The molecule has 1 aliphatic rings. The van der Waals surface area contributed by atoms with Crippen molar-refractivity contribution in [2.24, 2.45) is 0 Å². The van der Waals surface area contributed by atoms with Crippen LogP contribution in [0, 0.1) is 13.8 Å². The van der Waals surface area contributed by atoms with Crippen LogP contribution in [0.5, 0.6) is 0 Å². The van der Waals surface area contributed by atoms with Gasteiger partial charge in [0.15, 0.2) is 5.65 Å². The highest BCUT2D eigenvalue weighted by Gasteiger charge is 2.23. The lowest BCUT2D eigenvalue weighted by atomic mass is 10.1. The Morgan fingerprint density at radius 2 is 2.00 bits per heavy atom. The minimum absolute atomic E-state index is 0.152. The van der Waals surface area contributed by atoms with Crippen molar-refractivity contribution in [3.05, 3.63) is 53.2 Å². The maximum atomic E-state index is 13.0. The zero-order valence-electron chi connectivity index (χ0n) is 16.8. The summed E-state index contributed by atoms with van der Waals surface area (Å²) >= 11 is 1.94. The first-order chi connectivity index (χ1) is 14.0. The van der Waals surface area contributed by atoms with Crippen molar-refractivity contribution < 1.29 is 4.79 Å². The van der Waals surface area contributed by atoms with Crippen molar-refractivity contribution in [2.45, 2.75) is 26.8 Å². The van der Waals surface area contributed by atoms with Crippen molar-refractivity contribution in [1.29, 1.82) is 0 Å². The predicted molar refractivity (Wildman–Crippen MR) is 116 cm³/mol. The zero-order valence-corrected chi connectivity index (χ0v) is 17.7. The van der Waals surface area contributed by atoms with Crippen molar-refractivity contribution >= 4 is 34.5 Å². The van der Waals surface area contributed by atoms with Gasteiger partial charge in [-0.2, -0.15) is 11.8 Å². The molecule has 1 amide bonds. The number of rotatable bonds is 4. The Kier molecular flexibility index (Phi) is 5.62. The van der Waals surface area contributed by atoms with Crippen LogP contribution in [0.1, 0.15) is 40.4 Å². The minimum atomic E-state index is -0.308. The summed E-state index contributed by atoms with van der Waals surface area (Å²) in [6.07, 6.45) is 3.46. The number of carbonyl (C=O) groups is 1. The first-order valence-corrected chi connectivity index (χ1v) is 10.9. The molecule has 0 bridgehead atoms. The third kappa shape index (κ3) is 4.17. The SMILES string of the molecule is Cc1cc(C)c2c(N3CCSCC3)nc(C(=O)NC(C)c3cccnc3)nc2n1. The zero-order chi connectivity index (χ0) is 20.4. The van der Waals surface area contributed by atoms with Crippen LogP contribution in [0.15, 0.2) is 30.6 Å². The lowest BCUT2D eigenvalue weighted by Gasteiger charge is -2.29. The monoisotopic (exact) mass is 408 g/mol. The first-order valence-electron chi connectivity index (χ1n) is 9.72. The topological polar surface area (TPSA) is 83.9 Å². The molecular formula is C21H24N6OS. The van der Waals surface area contributed by atoms with Gasteiger partial charge in [0, 0.05) is 42.7 Å². The lowest BCUT2D eigenvalue weighted by molar-refractivity contribution is 0.0929. The third-order valence-electron chi connectivity index (χ3n) is 5.02. The maximum Gasteiger partial charge on any atom is 0.289 e. The molecule has 0 aliphatic carbocycles. The summed E-state index contributed by atoms with van der Waals surface area (Å²) in [5.74, 6) is 2.74. The third-order valence-corrected chi connectivity index (χ3v) is 5.96. The Labute approximate surface area is 174 Å². The molecule has 8 heteroatoms. The number of amides is 1. The smallest absolute Gasteiger partial charge is 0.289 e. The molecular weight excluding hydrogens is 384 g/mol. The number of hydrogen-bond donors (Lipinski definition) is 1. The Bertz CT molecular complexity index is 1040. The summed E-state index contributed by atoms with van der Waals surface area (Å²) in [6, 6.07) is 5.63. The van der Waals surface area contributed by atoms with Crippen LogP contribution in [-0.4, -0.2) is 50.4 Å². The van der Waals surface area contributed by atoms with Gasteiger partial charge in [-0.15, -0.1) is 0 Å². The van der Waals surface area contributed by atoms with Gasteiger partial charge >= 0.3 is 0 Å². The molecule has 1 fully saturated rings. The average Bonchev–Trinajstić information content (AvgIpc) is 2.73. The van der Waals surface area contributed by atoms with E-state index in [1.165, 1.54) is 0 Å². The number of fused-ring (bicyclic) bond motifs is 1. The van der Waals surface area contributed by atoms with Crippen LogP contribution in [0.25, 0.3) is 11.0 Å². The van der Waals surface area contributed by atoms with Gasteiger partial charge in [-0.25, -0.2) is 15.0 Å². The second-order valence-electron chi connectivity index (χ2n) is 7.23. The van der Waals surface area contributed by atoms with E-state index in [9.17, 15) is 4.79 Å². The van der Waals surface area contributed by atoms with E-state index < -0.39 is 0 Å². The number of anilines is 1. The largest absolute Gasteiger partial charge is 0.354 e. The van der Waals surface area contributed by atoms with Gasteiger partial charge in [-0.3, -0.25) is 9.78 Å². The fourth-order valence-electron chi connectivity index (χ4n) is 3.54. The highest BCUT2D eigenvalue weighted by Crippen LogP contribution is 2.28. The number of pyridine rings is 2. The molecule has 29 heavy (non-hydrogen) atoms. The number of aromatic nitrogens is 4. The van der Waals surface area contributed by atoms with Gasteiger partial charge in [0.2, 0.25) is 5.82 Å². The van der Waals surface area contributed by atoms with E-state index in [-0.39, 0.29) is 17.8 Å². The van der Waals surface area contributed by atoms with Gasteiger partial charge in [0.05, 0.1) is 11.4 Å². The summed E-state index contributed by atoms with van der Waals surface area (Å²) in [4.78, 5) is 33.1. The Morgan fingerprint density at radius 1 is 1.21 bits per heavy atom. The van der Waals surface area contributed by atoms with E-state index in [0.29, 0.717) is 5.65 Å². The number of thioether (sulfide) groups is 1. The van der Waals surface area contributed by atoms with Crippen molar-refractivity contribution in [2.75, 3.05) is 29.5 Å². The van der Waals surface area contributed by atoms with Gasteiger partial charge < -0.3 is 10.2 Å². The molecule has 4 heterocycles. The number of nitrogens with zero attached hydrogens (tertiary/aromatic N) is 5. The molecule has 150 valence electrons. The molecule has 0 aromatic carbocycles. The number of carbonyl (C=O) groups excluding carboxylic acids is 1. The number of aryl methyl sites for hydroxylation is 2. The van der Waals surface area contributed by atoms with Gasteiger partial charge in [-0.1, -0.05) is 6.07 Å². The van der Waals surface area contributed by atoms with Gasteiger partial charge in [0.1, 0.15) is 5.82 Å². The molecule has 7 nitrogen and oxygen atoms in total. The molecule has 0 spiro atoms. The molecule has 1 saturated heterocycles. The second-order valence-corrected chi connectivity index (χ2v) is 8.46. The molecule has 1 aliphatic heterocycles. The van der Waals surface area contributed by atoms with Gasteiger partial charge in [0.25, 0.3) is 5.91 Å². The fourth-order valence-corrected chi connectivity index (χ4v) is 4.44. The van der Waals surface area contributed by atoms with Crippen molar-refractivity contribution in [1.82, 2.24) is 25.3 Å². The van der Waals surface area contributed by atoms with E-state index in [2.05, 4.69) is 25.2 Å². The van der Waals surface area contributed by atoms with Crippen LogP contribution < -0.4 is 10.2 Å². The summed E-state index contributed by atoms with van der Waals surface area (Å²) in [5, 5.41) is 3.91. The molecule has 0 saturated carbocycles. The molecule has 3 aromatic rings. The summed E-state index contributed by atoms with van der Waals surface area (Å²) in [5.41, 5.74) is 3.46. The maximum absolute atomic E-state index is 13.0. The number of hydrogen-bond acceptors (Lipinski definition) is 7. The lowest BCUT2D eigenvalue weighted by Crippen LogP contribution is -2.35.